The lowest BCUT2D eigenvalue weighted by Gasteiger charge is -2.10. The number of hydrogen-bond donors (Lipinski definition) is 0. The zero-order valence-electron chi connectivity index (χ0n) is 11.5. The first-order valence-corrected chi connectivity index (χ1v) is 6.73. The van der Waals surface area contributed by atoms with Gasteiger partial charge in [0.05, 0.1) is 18.3 Å². The lowest BCUT2D eigenvalue weighted by Crippen LogP contribution is -1.96. The van der Waals surface area contributed by atoms with Crippen LogP contribution in [0.1, 0.15) is 0 Å². The fraction of sp³-hybridized carbons (Fsp3) is 0.0588. The molecular weight excluding hydrogens is 262 g/mol. The van der Waals surface area contributed by atoms with Crippen LogP contribution in [0.5, 0.6) is 5.75 Å². The summed E-state index contributed by atoms with van der Waals surface area (Å²) in [5, 5.41) is 1.05. The van der Waals surface area contributed by atoms with Gasteiger partial charge in [-0.15, -0.1) is 0 Å². The Bertz CT molecular complexity index is 929. The Hall–Kier alpha value is -2.88. The van der Waals surface area contributed by atoms with Crippen LogP contribution in [-0.4, -0.2) is 21.5 Å². The van der Waals surface area contributed by atoms with Gasteiger partial charge in [-0.25, -0.2) is 9.97 Å². The SMILES string of the molecule is COc1ccc2c(c1)c(-c1ccccc1)nc1nccn12. The van der Waals surface area contributed by atoms with E-state index in [1.165, 1.54) is 0 Å². The van der Waals surface area contributed by atoms with Crippen LogP contribution in [0.4, 0.5) is 0 Å². The molecule has 0 bridgehead atoms. The first-order valence-electron chi connectivity index (χ1n) is 6.73. The van der Waals surface area contributed by atoms with Crippen LogP contribution >= 0.6 is 0 Å². The molecule has 0 unspecified atom stereocenters. The van der Waals surface area contributed by atoms with Gasteiger partial charge in [-0.3, -0.25) is 4.40 Å². The fourth-order valence-corrected chi connectivity index (χ4v) is 2.58. The van der Waals surface area contributed by atoms with Crippen LogP contribution < -0.4 is 4.74 Å². The normalized spacial score (nSPS) is 11.1. The number of hydrogen-bond acceptors (Lipinski definition) is 3. The summed E-state index contributed by atoms with van der Waals surface area (Å²) in [7, 11) is 1.67. The smallest absolute Gasteiger partial charge is 0.234 e. The minimum absolute atomic E-state index is 0.700. The molecule has 0 N–H and O–H groups in total. The van der Waals surface area contributed by atoms with E-state index in [2.05, 4.69) is 17.1 Å². The second-order valence-electron chi connectivity index (χ2n) is 4.81. The Labute approximate surface area is 121 Å². The lowest BCUT2D eigenvalue weighted by atomic mass is 10.1. The van der Waals surface area contributed by atoms with Gasteiger partial charge in [-0.05, 0) is 18.2 Å². The fourth-order valence-electron chi connectivity index (χ4n) is 2.58. The molecule has 0 spiro atoms. The van der Waals surface area contributed by atoms with Crippen molar-refractivity contribution in [2.75, 3.05) is 7.11 Å². The molecule has 21 heavy (non-hydrogen) atoms. The Kier molecular flexibility index (Phi) is 2.60. The van der Waals surface area contributed by atoms with Crippen LogP contribution in [-0.2, 0) is 0 Å². The molecule has 2 heterocycles. The van der Waals surface area contributed by atoms with E-state index in [0.717, 1.165) is 27.9 Å². The van der Waals surface area contributed by atoms with Gasteiger partial charge in [0, 0.05) is 23.3 Å². The number of imidazole rings is 1. The third kappa shape index (κ3) is 1.84. The van der Waals surface area contributed by atoms with E-state index in [1.54, 1.807) is 13.3 Å². The van der Waals surface area contributed by atoms with Gasteiger partial charge in [0.2, 0.25) is 5.78 Å². The van der Waals surface area contributed by atoms with Gasteiger partial charge in [0.15, 0.2) is 0 Å². The molecule has 2 aromatic carbocycles. The van der Waals surface area contributed by atoms with Crippen LogP contribution in [0, 0.1) is 0 Å². The molecule has 0 aliphatic heterocycles. The van der Waals surface area contributed by atoms with E-state index in [-0.39, 0.29) is 0 Å². The zero-order chi connectivity index (χ0) is 14.2. The van der Waals surface area contributed by atoms with Crippen molar-refractivity contribution in [3.8, 4) is 17.0 Å². The van der Waals surface area contributed by atoms with E-state index in [4.69, 9.17) is 9.72 Å². The number of rotatable bonds is 2. The summed E-state index contributed by atoms with van der Waals surface area (Å²) >= 11 is 0. The predicted molar refractivity (Wildman–Crippen MR) is 82.5 cm³/mol. The molecule has 4 heteroatoms. The second-order valence-corrected chi connectivity index (χ2v) is 4.81. The molecule has 0 amide bonds. The topological polar surface area (TPSA) is 39.4 Å². The molecule has 4 rings (SSSR count). The van der Waals surface area contributed by atoms with E-state index in [0.29, 0.717) is 5.78 Å². The lowest BCUT2D eigenvalue weighted by molar-refractivity contribution is 0.415. The summed E-state index contributed by atoms with van der Waals surface area (Å²) in [5.74, 6) is 1.52. The van der Waals surface area contributed by atoms with Gasteiger partial charge in [-0.1, -0.05) is 30.3 Å². The number of nitrogens with zero attached hydrogens (tertiary/aromatic N) is 3. The minimum Gasteiger partial charge on any atom is -0.497 e. The summed E-state index contributed by atoms with van der Waals surface area (Å²) in [6, 6.07) is 16.1. The Morgan fingerprint density at radius 1 is 1.05 bits per heavy atom. The number of aromatic nitrogens is 3. The number of fused-ring (bicyclic) bond motifs is 3. The summed E-state index contributed by atoms with van der Waals surface area (Å²) < 4.78 is 7.34. The maximum absolute atomic E-state index is 5.35. The van der Waals surface area contributed by atoms with Crippen LogP contribution in [0.15, 0.2) is 60.9 Å². The maximum Gasteiger partial charge on any atom is 0.234 e. The first kappa shape index (κ1) is 11.9. The molecule has 102 valence electrons. The Balaban J connectivity index is 2.15. The predicted octanol–water partition coefficient (Wildman–Crippen LogP) is 3.56. The standard InChI is InChI=1S/C17H13N3O/c1-21-13-7-8-15-14(11-13)16(12-5-3-2-4-6-12)19-17-18-9-10-20(15)17/h2-11H,1H3. The van der Waals surface area contributed by atoms with Crippen molar-refractivity contribution >= 4 is 16.7 Å². The van der Waals surface area contributed by atoms with Crippen molar-refractivity contribution in [1.82, 2.24) is 14.4 Å². The van der Waals surface area contributed by atoms with E-state index in [9.17, 15) is 0 Å². The number of benzene rings is 2. The first-order chi connectivity index (χ1) is 10.4. The number of ether oxygens (including phenoxy) is 1. The highest BCUT2D eigenvalue weighted by Gasteiger charge is 2.11. The Morgan fingerprint density at radius 3 is 2.71 bits per heavy atom. The molecule has 0 fully saturated rings. The average molecular weight is 275 g/mol. The zero-order valence-corrected chi connectivity index (χ0v) is 11.5. The van der Waals surface area contributed by atoms with Crippen molar-refractivity contribution in [3.05, 3.63) is 60.9 Å². The molecule has 2 aromatic heterocycles. The average Bonchev–Trinajstić information content (AvgIpc) is 3.03. The largest absolute Gasteiger partial charge is 0.497 e. The van der Waals surface area contributed by atoms with Gasteiger partial charge in [0.1, 0.15) is 5.75 Å². The molecule has 0 saturated carbocycles. The van der Waals surface area contributed by atoms with Gasteiger partial charge in [0.25, 0.3) is 0 Å². The van der Waals surface area contributed by atoms with Crippen LogP contribution in [0.25, 0.3) is 27.9 Å². The van der Waals surface area contributed by atoms with Crippen molar-refractivity contribution in [2.45, 2.75) is 0 Å². The molecule has 4 aromatic rings. The van der Waals surface area contributed by atoms with Crippen molar-refractivity contribution < 1.29 is 4.74 Å². The monoisotopic (exact) mass is 275 g/mol. The molecule has 0 saturated heterocycles. The third-order valence-corrected chi connectivity index (χ3v) is 3.60. The van der Waals surface area contributed by atoms with Crippen molar-refractivity contribution in [2.24, 2.45) is 0 Å². The molecule has 4 nitrogen and oxygen atoms in total. The molecule has 0 atom stereocenters. The van der Waals surface area contributed by atoms with E-state index in [1.807, 2.05) is 47.0 Å². The maximum atomic E-state index is 5.35. The summed E-state index contributed by atoms with van der Waals surface area (Å²) in [5.41, 5.74) is 3.06. The summed E-state index contributed by atoms with van der Waals surface area (Å²) in [6.45, 7) is 0. The summed E-state index contributed by atoms with van der Waals surface area (Å²) in [4.78, 5) is 9.02. The van der Waals surface area contributed by atoms with Gasteiger partial charge in [-0.2, -0.15) is 0 Å². The van der Waals surface area contributed by atoms with Gasteiger partial charge < -0.3 is 4.74 Å². The van der Waals surface area contributed by atoms with Gasteiger partial charge >= 0.3 is 0 Å². The summed E-state index contributed by atoms with van der Waals surface area (Å²) in [6.07, 6.45) is 3.69. The number of methoxy groups -OCH3 is 1. The van der Waals surface area contributed by atoms with E-state index < -0.39 is 0 Å². The Morgan fingerprint density at radius 2 is 1.90 bits per heavy atom. The van der Waals surface area contributed by atoms with E-state index >= 15 is 0 Å². The quantitative estimate of drug-likeness (QED) is 0.561. The van der Waals surface area contributed by atoms with Crippen molar-refractivity contribution in [1.29, 1.82) is 0 Å². The highest BCUT2D eigenvalue weighted by atomic mass is 16.5. The second kappa shape index (κ2) is 4.59. The molecule has 0 aliphatic carbocycles. The van der Waals surface area contributed by atoms with Crippen molar-refractivity contribution in [3.63, 3.8) is 0 Å². The highest BCUT2D eigenvalue weighted by Crippen LogP contribution is 2.30. The molecular formula is C17H13N3O. The molecule has 0 aliphatic rings. The third-order valence-electron chi connectivity index (χ3n) is 3.60. The molecule has 0 radical (unpaired) electrons. The highest BCUT2D eigenvalue weighted by molar-refractivity contribution is 5.94. The van der Waals surface area contributed by atoms with Crippen LogP contribution in [0.2, 0.25) is 0 Å². The minimum atomic E-state index is 0.700. The van der Waals surface area contributed by atoms with Crippen LogP contribution in [0.3, 0.4) is 0 Å².